The first kappa shape index (κ1) is 11.7. The highest BCUT2D eigenvalue weighted by molar-refractivity contribution is 7.99. The highest BCUT2D eigenvalue weighted by atomic mass is 32.2. The monoisotopic (exact) mass is 225 g/mol. The molecule has 1 unspecified atom stereocenters. The van der Waals surface area contributed by atoms with E-state index in [1.807, 2.05) is 18.2 Å². The van der Waals surface area contributed by atoms with Gasteiger partial charge in [0.25, 0.3) is 0 Å². The molecule has 0 N–H and O–H groups in total. The summed E-state index contributed by atoms with van der Waals surface area (Å²) < 4.78 is 4.77. The number of carbonyl (C=O) groups excluding carboxylic acids is 2. The third-order valence-electron chi connectivity index (χ3n) is 1.50. The molecule has 0 aliphatic heterocycles. The summed E-state index contributed by atoms with van der Waals surface area (Å²) in [5, 5.41) is 0.802. The summed E-state index contributed by atoms with van der Waals surface area (Å²) in [4.78, 5) is 25.2. The van der Waals surface area contributed by atoms with Crippen LogP contribution in [0.5, 0.6) is 0 Å². The average molecular weight is 225 g/mol. The van der Waals surface area contributed by atoms with Crippen molar-refractivity contribution in [2.45, 2.75) is 18.1 Å². The van der Waals surface area contributed by atoms with Crippen LogP contribution in [0.25, 0.3) is 0 Å². The van der Waals surface area contributed by atoms with E-state index < -0.39 is 12.1 Å². The van der Waals surface area contributed by atoms with Crippen LogP contribution in [0.3, 0.4) is 0 Å². The summed E-state index contributed by atoms with van der Waals surface area (Å²) in [7, 11) is 0. The van der Waals surface area contributed by atoms with Gasteiger partial charge in [0.1, 0.15) is 0 Å². The molecule has 1 rings (SSSR count). The SMILES string of the molecule is CC(=O)OC(C=O)CSc1ccccn1. The molecule has 0 aliphatic carbocycles. The number of hydrogen-bond acceptors (Lipinski definition) is 5. The fraction of sp³-hybridized carbons (Fsp3) is 0.300. The van der Waals surface area contributed by atoms with Gasteiger partial charge in [0.05, 0.1) is 5.03 Å². The highest BCUT2D eigenvalue weighted by Gasteiger charge is 2.11. The molecular weight excluding hydrogens is 214 g/mol. The van der Waals surface area contributed by atoms with Gasteiger partial charge in [-0.25, -0.2) is 4.98 Å². The summed E-state index contributed by atoms with van der Waals surface area (Å²) in [5.41, 5.74) is 0. The van der Waals surface area contributed by atoms with Crippen molar-refractivity contribution in [2.24, 2.45) is 0 Å². The zero-order valence-corrected chi connectivity index (χ0v) is 9.07. The standard InChI is InChI=1S/C10H11NO3S/c1-8(13)14-9(6-12)7-15-10-4-2-3-5-11-10/h2-6,9H,7H2,1H3. The second-order valence-corrected chi connectivity index (χ2v) is 3.80. The number of aromatic nitrogens is 1. The minimum atomic E-state index is -0.700. The van der Waals surface area contributed by atoms with Gasteiger partial charge >= 0.3 is 5.97 Å². The lowest BCUT2D eigenvalue weighted by Gasteiger charge is -2.09. The Kier molecular flexibility index (Phi) is 4.83. The van der Waals surface area contributed by atoms with Gasteiger partial charge in [-0.2, -0.15) is 0 Å². The minimum Gasteiger partial charge on any atom is -0.454 e. The Hall–Kier alpha value is -1.36. The van der Waals surface area contributed by atoms with E-state index in [2.05, 4.69) is 4.98 Å². The zero-order valence-electron chi connectivity index (χ0n) is 8.25. The highest BCUT2D eigenvalue weighted by Crippen LogP contribution is 2.15. The van der Waals surface area contributed by atoms with E-state index in [0.717, 1.165) is 5.03 Å². The normalized spacial score (nSPS) is 11.8. The summed E-state index contributed by atoms with van der Waals surface area (Å²) in [6.07, 6.45) is 1.59. The molecule has 5 heteroatoms. The van der Waals surface area contributed by atoms with Gasteiger partial charge in [-0.05, 0) is 12.1 Å². The van der Waals surface area contributed by atoms with E-state index in [1.54, 1.807) is 6.20 Å². The number of pyridine rings is 1. The Morgan fingerprint density at radius 2 is 2.47 bits per heavy atom. The molecule has 1 aromatic rings. The smallest absolute Gasteiger partial charge is 0.303 e. The second kappa shape index (κ2) is 6.19. The van der Waals surface area contributed by atoms with Crippen LogP contribution in [0.1, 0.15) is 6.92 Å². The molecule has 0 bridgehead atoms. The van der Waals surface area contributed by atoms with Crippen LogP contribution >= 0.6 is 11.8 Å². The van der Waals surface area contributed by atoms with Crippen molar-refractivity contribution < 1.29 is 14.3 Å². The molecule has 0 amide bonds. The Bertz CT molecular complexity index is 329. The van der Waals surface area contributed by atoms with Gasteiger partial charge in [0.15, 0.2) is 12.4 Å². The van der Waals surface area contributed by atoms with Crippen molar-refractivity contribution in [1.82, 2.24) is 4.98 Å². The van der Waals surface area contributed by atoms with Gasteiger partial charge < -0.3 is 4.74 Å². The second-order valence-electron chi connectivity index (χ2n) is 2.76. The molecule has 80 valence electrons. The lowest BCUT2D eigenvalue weighted by atomic mass is 10.4. The van der Waals surface area contributed by atoms with Crippen LogP contribution in [0.15, 0.2) is 29.4 Å². The van der Waals surface area contributed by atoms with E-state index in [4.69, 9.17) is 4.74 Å². The topological polar surface area (TPSA) is 56.3 Å². The molecule has 0 aliphatic rings. The lowest BCUT2D eigenvalue weighted by Crippen LogP contribution is -2.20. The first-order valence-electron chi connectivity index (χ1n) is 4.38. The van der Waals surface area contributed by atoms with Gasteiger partial charge in [-0.15, -0.1) is 11.8 Å². The van der Waals surface area contributed by atoms with Gasteiger partial charge in [0.2, 0.25) is 0 Å². The Balaban J connectivity index is 2.41. The van der Waals surface area contributed by atoms with Crippen molar-refractivity contribution in [3.05, 3.63) is 24.4 Å². The first-order chi connectivity index (χ1) is 7.22. The van der Waals surface area contributed by atoms with Crippen LogP contribution in [0.2, 0.25) is 0 Å². The molecule has 1 atom stereocenters. The molecule has 0 aromatic carbocycles. The Morgan fingerprint density at radius 1 is 1.67 bits per heavy atom. The van der Waals surface area contributed by atoms with Crippen LogP contribution in [-0.2, 0) is 14.3 Å². The fourth-order valence-corrected chi connectivity index (χ4v) is 1.71. The Morgan fingerprint density at radius 3 is 3.00 bits per heavy atom. The van der Waals surface area contributed by atoms with E-state index in [-0.39, 0.29) is 0 Å². The van der Waals surface area contributed by atoms with E-state index >= 15 is 0 Å². The maximum Gasteiger partial charge on any atom is 0.303 e. The maximum absolute atomic E-state index is 10.6. The number of nitrogens with zero attached hydrogens (tertiary/aromatic N) is 1. The molecule has 4 nitrogen and oxygen atoms in total. The minimum absolute atomic E-state index is 0.389. The predicted octanol–water partition coefficient (Wildman–Crippen LogP) is 1.30. The molecule has 0 fully saturated rings. The molecule has 15 heavy (non-hydrogen) atoms. The van der Waals surface area contributed by atoms with Crippen LogP contribution in [-0.4, -0.2) is 29.1 Å². The first-order valence-corrected chi connectivity index (χ1v) is 5.37. The number of esters is 1. The van der Waals surface area contributed by atoms with Crippen molar-refractivity contribution in [1.29, 1.82) is 0 Å². The summed E-state index contributed by atoms with van der Waals surface area (Å²) >= 11 is 1.38. The summed E-state index contributed by atoms with van der Waals surface area (Å²) in [5.74, 6) is -0.0613. The number of hydrogen-bond donors (Lipinski definition) is 0. The van der Waals surface area contributed by atoms with E-state index in [1.165, 1.54) is 18.7 Å². The molecule has 1 aromatic heterocycles. The maximum atomic E-state index is 10.6. The number of thioether (sulfide) groups is 1. The van der Waals surface area contributed by atoms with Crippen LogP contribution < -0.4 is 0 Å². The number of aldehydes is 1. The number of ether oxygens (including phenoxy) is 1. The quantitative estimate of drug-likeness (QED) is 0.429. The predicted molar refractivity (Wildman–Crippen MR) is 56.6 cm³/mol. The third kappa shape index (κ3) is 4.60. The number of carbonyl (C=O) groups is 2. The van der Waals surface area contributed by atoms with Crippen molar-refractivity contribution in [3.8, 4) is 0 Å². The van der Waals surface area contributed by atoms with Crippen molar-refractivity contribution in [2.75, 3.05) is 5.75 Å². The third-order valence-corrected chi connectivity index (χ3v) is 2.53. The largest absolute Gasteiger partial charge is 0.454 e. The molecule has 1 heterocycles. The number of rotatable bonds is 5. The molecule has 0 saturated heterocycles. The van der Waals surface area contributed by atoms with Crippen LogP contribution in [0, 0.1) is 0 Å². The summed E-state index contributed by atoms with van der Waals surface area (Å²) in [6.45, 7) is 1.28. The zero-order chi connectivity index (χ0) is 11.1. The molecule has 0 saturated carbocycles. The van der Waals surface area contributed by atoms with Gasteiger partial charge in [-0.3, -0.25) is 9.59 Å². The molecule has 0 spiro atoms. The lowest BCUT2D eigenvalue weighted by molar-refractivity contribution is -0.148. The Labute approximate surface area is 92.0 Å². The van der Waals surface area contributed by atoms with Crippen molar-refractivity contribution >= 4 is 24.0 Å². The fourth-order valence-electron chi connectivity index (χ4n) is 0.914. The molecular formula is C10H11NO3S. The summed E-state index contributed by atoms with van der Waals surface area (Å²) in [6, 6.07) is 5.50. The van der Waals surface area contributed by atoms with Crippen LogP contribution in [0.4, 0.5) is 0 Å². The van der Waals surface area contributed by atoms with E-state index in [9.17, 15) is 9.59 Å². The van der Waals surface area contributed by atoms with Crippen molar-refractivity contribution in [3.63, 3.8) is 0 Å². The van der Waals surface area contributed by atoms with Gasteiger partial charge in [-0.1, -0.05) is 6.07 Å². The van der Waals surface area contributed by atoms with Gasteiger partial charge in [0, 0.05) is 18.9 Å². The molecule has 0 radical (unpaired) electrons. The van der Waals surface area contributed by atoms with E-state index in [0.29, 0.717) is 12.0 Å². The average Bonchev–Trinajstić information content (AvgIpc) is 2.25.